The van der Waals surface area contributed by atoms with Crippen molar-refractivity contribution < 1.29 is 13.9 Å². The first kappa shape index (κ1) is 18.7. The molecule has 0 aromatic carbocycles. The predicted octanol–water partition coefficient (Wildman–Crippen LogP) is 3.43. The maximum absolute atomic E-state index is 13.3. The van der Waals surface area contributed by atoms with Crippen LogP contribution in [0.1, 0.15) is 56.8 Å². The van der Waals surface area contributed by atoms with Gasteiger partial charge in [0.05, 0.1) is 5.92 Å². The van der Waals surface area contributed by atoms with Crippen molar-refractivity contribution in [2.24, 2.45) is 11.3 Å². The number of carbonyl (C=O) groups is 1. The van der Waals surface area contributed by atoms with Crippen molar-refractivity contribution in [1.82, 2.24) is 20.1 Å². The van der Waals surface area contributed by atoms with Crippen molar-refractivity contribution in [2.45, 2.75) is 50.9 Å². The van der Waals surface area contributed by atoms with E-state index in [1.54, 1.807) is 12.4 Å². The van der Waals surface area contributed by atoms with Crippen LogP contribution in [-0.4, -0.2) is 52.3 Å². The van der Waals surface area contributed by atoms with Gasteiger partial charge >= 0.3 is 0 Å². The molecule has 2 aromatic rings. The van der Waals surface area contributed by atoms with Crippen LogP contribution in [0.3, 0.4) is 0 Å². The Morgan fingerprint density at radius 2 is 1.83 bits per heavy atom. The Bertz CT molecular complexity index is 841. The molecule has 2 aromatic heterocycles. The lowest BCUT2D eigenvalue weighted by Crippen LogP contribution is -2.39. The molecule has 7 nitrogen and oxygen atoms in total. The average molecular weight is 396 g/mol. The topological polar surface area (TPSA) is 81.4 Å². The van der Waals surface area contributed by atoms with Crippen LogP contribution in [0.4, 0.5) is 0 Å². The molecule has 4 heterocycles. The van der Waals surface area contributed by atoms with E-state index < -0.39 is 0 Å². The number of hydrogen-bond donors (Lipinski definition) is 0. The fourth-order valence-electron chi connectivity index (χ4n) is 5.36. The van der Waals surface area contributed by atoms with Crippen LogP contribution in [-0.2, 0) is 9.53 Å². The van der Waals surface area contributed by atoms with Gasteiger partial charge in [0.25, 0.3) is 0 Å². The maximum Gasteiger partial charge on any atom is 0.247 e. The summed E-state index contributed by atoms with van der Waals surface area (Å²) in [6.07, 6.45) is 11.0. The molecule has 1 unspecified atom stereocenters. The number of carbonyl (C=O) groups excluding carboxylic acids is 1. The summed E-state index contributed by atoms with van der Waals surface area (Å²) in [4.78, 5) is 19.4. The Kier molecular flexibility index (Phi) is 5.08. The fraction of sp³-hybridized carbons (Fsp3) is 0.636. The first-order valence-corrected chi connectivity index (χ1v) is 10.9. The molecule has 1 saturated carbocycles. The van der Waals surface area contributed by atoms with Crippen molar-refractivity contribution in [3.63, 3.8) is 0 Å². The van der Waals surface area contributed by atoms with Crippen LogP contribution in [0, 0.1) is 11.3 Å². The summed E-state index contributed by atoms with van der Waals surface area (Å²) in [5.74, 6) is 1.75. The smallest absolute Gasteiger partial charge is 0.247 e. The number of hydrogen-bond acceptors (Lipinski definition) is 6. The summed E-state index contributed by atoms with van der Waals surface area (Å²) in [7, 11) is 0. The summed E-state index contributed by atoms with van der Waals surface area (Å²) < 4.78 is 11.8. The summed E-state index contributed by atoms with van der Waals surface area (Å²) in [5.41, 5.74) is 0.845. The lowest BCUT2D eigenvalue weighted by molar-refractivity contribution is -0.136. The zero-order valence-electron chi connectivity index (χ0n) is 16.8. The zero-order chi connectivity index (χ0) is 19.7. The van der Waals surface area contributed by atoms with E-state index in [0.29, 0.717) is 24.2 Å². The van der Waals surface area contributed by atoms with E-state index in [2.05, 4.69) is 20.1 Å². The third-order valence-electron chi connectivity index (χ3n) is 7.07. The molecule has 2 aliphatic heterocycles. The highest BCUT2D eigenvalue weighted by Crippen LogP contribution is 2.50. The number of amides is 1. The van der Waals surface area contributed by atoms with Gasteiger partial charge in [-0.15, -0.1) is 10.2 Å². The Labute approximate surface area is 170 Å². The van der Waals surface area contributed by atoms with Gasteiger partial charge in [0.1, 0.15) is 0 Å². The average Bonchev–Trinajstić information content (AvgIpc) is 3.40. The van der Waals surface area contributed by atoms with Gasteiger partial charge in [-0.2, -0.15) is 0 Å². The van der Waals surface area contributed by atoms with Gasteiger partial charge < -0.3 is 14.1 Å². The van der Waals surface area contributed by atoms with Gasteiger partial charge in [-0.3, -0.25) is 9.78 Å². The standard InChI is InChI=1S/C22H28N4O3/c27-21(17-4-2-1-3-5-17)26-14-18(22(15-26)8-12-28-13-9-22)20-25-24-19(29-20)16-6-10-23-11-7-16/h6-7,10-11,17-18H,1-5,8-9,12-15H2. The second kappa shape index (κ2) is 7.86. The van der Waals surface area contributed by atoms with Gasteiger partial charge in [-0.05, 0) is 37.8 Å². The van der Waals surface area contributed by atoms with Gasteiger partial charge in [-0.25, -0.2) is 0 Å². The SMILES string of the molecule is O=C(C1CCCCC1)N1CC(c2nnc(-c3ccncc3)o2)C2(CCOCC2)C1. The Morgan fingerprint density at radius 1 is 1.07 bits per heavy atom. The Morgan fingerprint density at radius 3 is 2.59 bits per heavy atom. The normalized spacial score (nSPS) is 24.8. The van der Waals surface area contributed by atoms with Gasteiger partial charge in [0, 0.05) is 55.6 Å². The molecule has 3 aliphatic rings. The molecule has 0 bridgehead atoms. The van der Waals surface area contributed by atoms with Crippen molar-refractivity contribution >= 4 is 5.91 Å². The van der Waals surface area contributed by atoms with Crippen LogP contribution in [0.2, 0.25) is 0 Å². The fourth-order valence-corrected chi connectivity index (χ4v) is 5.36. The van der Waals surface area contributed by atoms with E-state index in [1.807, 2.05) is 12.1 Å². The molecule has 29 heavy (non-hydrogen) atoms. The summed E-state index contributed by atoms with van der Waals surface area (Å²) in [5, 5.41) is 8.70. The van der Waals surface area contributed by atoms with Crippen molar-refractivity contribution in [3.8, 4) is 11.5 Å². The van der Waals surface area contributed by atoms with E-state index in [9.17, 15) is 4.79 Å². The lowest BCUT2D eigenvalue weighted by Gasteiger charge is -2.36. The van der Waals surface area contributed by atoms with E-state index in [4.69, 9.17) is 9.15 Å². The van der Waals surface area contributed by atoms with Crippen LogP contribution < -0.4 is 0 Å². The molecule has 154 valence electrons. The van der Waals surface area contributed by atoms with Crippen LogP contribution in [0.5, 0.6) is 0 Å². The first-order chi connectivity index (χ1) is 14.3. The molecule has 1 aliphatic carbocycles. The van der Waals surface area contributed by atoms with E-state index in [-0.39, 0.29) is 17.3 Å². The largest absolute Gasteiger partial charge is 0.420 e. The summed E-state index contributed by atoms with van der Waals surface area (Å²) in [6, 6.07) is 3.74. The molecule has 1 atom stereocenters. The number of pyridine rings is 1. The predicted molar refractivity (Wildman–Crippen MR) is 106 cm³/mol. The molecule has 3 fully saturated rings. The second-order valence-corrected chi connectivity index (χ2v) is 8.76. The third kappa shape index (κ3) is 3.56. The number of ether oxygens (including phenoxy) is 1. The highest BCUT2D eigenvalue weighted by molar-refractivity contribution is 5.79. The molecule has 2 saturated heterocycles. The molecular formula is C22H28N4O3. The molecule has 7 heteroatoms. The van der Waals surface area contributed by atoms with Crippen molar-refractivity contribution in [3.05, 3.63) is 30.4 Å². The number of likely N-dealkylation sites (tertiary alicyclic amines) is 1. The Balaban J connectivity index is 1.41. The number of nitrogens with zero attached hydrogens (tertiary/aromatic N) is 4. The molecule has 0 N–H and O–H groups in total. The van der Waals surface area contributed by atoms with Crippen LogP contribution in [0.25, 0.3) is 11.5 Å². The molecule has 0 radical (unpaired) electrons. The third-order valence-corrected chi connectivity index (χ3v) is 7.07. The maximum atomic E-state index is 13.3. The quantitative estimate of drug-likeness (QED) is 0.791. The van der Waals surface area contributed by atoms with E-state index >= 15 is 0 Å². The number of rotatable bonds is 3. The van der Waals surface area contributed by atoms with Gasteiger partial charge in [0.15, 0.2) is 0 Å². The second-order valence-electron chi connectivity index (χ2n) is 8.76. The lowest BCUT2D eigenvalue weighted by atomic mass is 9.72. The Hall–Kier alpha value is -2.28. The summed E-state index contributed by atoms with van der Waals surface area (Å²) >= 11 is 0. The highest BCUT2D eigenvalue weighted by Gasteiger charge is 2.52. The minimum Gasteiger partial charge on any atom is -0.420 e. The molecule has 1 amide bonds. The van der Waals surface area contributed by atoms with Crippen molar-refractivity contribution in [1.29, 1.82) is 0 Å². The minimum absolute atomic E-state index is 0.0232. The first-order valence-electron chi connectivity index (χ1n) is 10.9. The monoisotopic (exact) mass is 396 g/mol. The van der Waals surface area contributed by atoms with Crippen LogP contribution in [0.15, 0.2) is 28.9 Å². The van der Waals surface area contributed by atoms with E-state index in [0.717, 1.165) is 51.0 Å². The molecular weight excluding hydrogens is 368 g/mol. The molecule has 5 rings (SSSR count). The zero-order valence-corrected chi connectivity index (χ0v) is 16.8. The van der Waals surface area contributed by atoms with Gasteiger partial charge in [0.2, 0.25) is 17.7 Å². The summed E-state index contributed by atoms with van der Waals surface area (Å²) in [6.45, 7) is 2.91. The number of aromatic nitrogens is 3. The van der Waals surface area contributed by atoms with Crippen molar-refractivity contribution in [2.75, 3.05) is 26.3 Å². The highest BCUT2D eigenvalue weighted by atomic mass is 16.5. The van der Waals surface area contributed by atoms with Crippen LogP contribution >= 0.6 is 0 Å². The minimum atomic E-state index is -0.0232. The van der Waals surface area contributed by atoms with E-state index in [1.165, 1.54) is 19.3 Å². The van der Waals surface area contributed by atoms with Gasteiger partial charge in [-0.1, -0.05) is 19.3 Å². The molecule has 1 spiro atoms.